The van der Waals surface area contributed by atoms with Crippen molar-refractivity contribution < 1.29 is 9.59 Å². The van der Waals surface area contributed by atoms with E-state index in [1.165, 1.54) is 12.6 Å². The molecule has 0 spiro atoms. The van der Waals surface area contributed by atoms with Crippen LogP contribution in [0.3, 0.4) is 0 Å². The molecule has 0 unspecified atom stereocenters. The number of nitrogens with one attached hydrogen (secondary N) is 3. The lowest BCUT2D eigenvalue weighted by molar-refractivity contribution is -0.114. The lowest BCUT2D eigenvalue weighted by Gasteiger charge is -2.08. The number of rotatable bonds is 11. The summed E-state index contributed by atoms with van der Waals surface area (Å²) in [6, 6.07) is 13.9. The fourth-order valence-corrected chi connectivity index (χ4v) is 5.08. The summed E-state index contributed by atoms with van der Waals surface area (Å²) < 4.78 is 1.70. The van der Waals surface area contributed by atoms with Crippen LogP contribution in [-0.2, 0) is 24.3 Å². The maximum absolute atomic E-state index is 12.5. The van der Waals surface area contributed by atoms with Gasteiger partial charge < -0.3 is 15.6 Å². The number of aromatic amines is 1. The molecule has 0 radical (unpaired) electrons. The summed E-state index contributed by atoms with van der Waals surface area (Å²) in [6.45, 7) is 4.47. The molecule has 5 aromatic rings. The Balaban J connectivity index is 1.08. The second kappa shape index (κ2) is 11.9. The van der Waals surface area contributed by atoms with Gasteiger partial charge in [0.1, 0.15) is 0 Å². The SMILES string of the molecule is CC(=O)Nc1cccc(-c2c(C3CC3)[nH]c3nnc(CCCCn4cc(C(=O)NCc5ccc(C)nc5)nn4)cc23)c1. The lowest BCUT2D eigenvalue weighted by atomic mass is 9.99. The second-order valence-electron chi connectivity index (χ2n) is 10.9. The van der Waals surface area contributed by atoms with Crippen molar-refractivity contribution >= 4 is 28.5 Å². The first-order chi connectivity index (χ1) is 20.4. The second-order valence-corrected chi connectivity index (χ2v) is 10.9. The zero-order chi connectivity index (χ0) is 29.1. The first kappa shape index (κ1) is 27.3. The molecule has 1 saturated carbocycles. The summed E-state index contributed by atoms with van der Waals surface area (Å²) in [7, 11) is 0. The highest BCUT2D eigenvalue weighted by molar-refractivity contribution is 5.97. The van der Waals surface area contributed by atoms with Gasteiger partial charge in [-0.05, 0) is 80.3 Å². The van der Waals surface area contributed by atoms with E-state index >= 15 is 0 Å². The molecule has 214 valence electrons. The van der Waals surface area contributed by atoms with Gasteiger partial charge in [-0.1, -0.05) is 23.4 Å². The van der Waals surface area contributed by atoms with E-state index in [2.05, 4.69) is 53.2 Å². The van der Waals surface area contributed by atoms with Gasteiger partial charge in [-0.3, -0.25) is 19.3 Å². The van der Waals surface area contributed by atoms with Gasteiger partial charge in [-0.25, -0.2) is 0 Å². The van der Waals surface area contributed by atoms with Crippen LogP contribution in [0.1, 0.15) is 71.7 Å². The van der Waals surface area contributed by atoms with Gasteiger partial charge in [-0.15, -0.1) is 10.2 Å². The van der Waals surface area contributed by atoms with Crippen LogP contribution in [0, 0.1) is 6.92 Å². The van der Waals surface area contributed by atoms with E-state index in [1.54, 1.807) is 17.1 Å². The predicted molar refractivity (Wildman–Crippen MR) is 159 cm³/mol. The van der Waals surface area contributed by atoms with Crippen molar-refractivity contribution in [2.24, 2.45) is 0 Å². The molecule has 0 bridgehead atoms. The van der Waals surface area contributed by atoms with Crippen LogP contribution in [-0.4, -0.2) is 47.0 Å². The molecule has 3 N–H and O–H groups in total. The summed E-state index contributed by atoms with van der Waals surface area (Å²) in [5, 5.41) is 24.0. The number of pyridine rings is 1. The van der Waals surface area contributed by atoms with Gasteiger partial charge in [0.2, 0.25) is 5.91 Å². The van der Waals surface area contributed by atoms with Crippen LogP contribution in [0.25, 0.3) is 22.2 Å². The number of carbonyl (C=O) groups excluding carboxylic acids is 2. The van der Waals surface area contributed by atoms with Crippen molar-refractivity contribution in [2.45, 2.75) is 65.0 Å². The number of aryl methyl sites for hydroxylation is 3. The molecule has 0 saturated heterocycles. The molecule has 0 atom stereocenters. The number of nitrogens with zero attached hydrogens (tertiary/aromatic N) is 6. The van der Waals surface area contributed by atoms with E-state index in [0.717, 1.165) is 76.9 Å². The Bertz CT molecular complexity index is 1740. The van der Waals surface area contributed by atoms with Crippen molar-refractivity contribution in [3.8, 4) is 11.1 Å². The first-order valence-corrected chi connectivity index (χ1v) is 14.3. The molecule has 11 heteroatoms. The third-order valence-electron chi connectivity index (χ3n) is 7.36. The van der Waals surface area contributed by atoms with E-state index in [0.29, 0.717) is 24.7 Å². The van der Waals surface area contributed by atoms with Crippen molar-refractivity contribution in [1.29, 1.82) is 0 Å². The van der Waals surface area contributed by atoms with Crippen LogP contribution in [0.2, 0.25) is 0 Å². The number of anilines is 1. The highest BCUT2D eigenvalue weighted by Crippen LogP contribution is 2.46. The quantitative estimate of drug-likeness (QED) is 0.198. The van der Waals surface area contributed by atoms with Crippen molar-refractivity contribution in [3.05, 3.63) is 83.2 Å². The number of benzene rings is 1. The number of amides is 2. The minimum absolute atomic E-state index is 0.0945. The molecular formula is C31H33N9O2. The van der Waals surface area contributed by atoms with Gasteiger partial charge >= 0.3 is 0 Å². The van der Waals surface area contributed by atoms with Gasteiger partial charge in [0.05, 0.1) is 11.9 Å². The normalized spacial score (nSPS) is 12.9. The number of hydrogen-bond acceptors (Lipinski definition) is 7. The number of fused-ring (bicyclic) bond motifs is 1. The lowest BCUT2D eigenvalue weighted by Crippen LogP contribution is -2.23. The van der Waals surface area contributed by atoms with Gasteiger partial charge in [-0.2, -0.15) is 5.10 Å². The van der Waals surface area contributed by atoms with Gasteiger partial charge in [0, 0.05) is 54.2 Å². The largest absolute Gasteiger partial charge is 0.346 e. The average molecular weight is 564 g/mol. The molecule has 4 aromatic heterocycles. The van der Waals surface area contributed by atoms with E-state index in [1.807, 2.05) is 37.3 Å². The monoisotopic (exact) mass is 563 g/mol. The Morgan fingerprint density at radius 3 is 2.74 bits per heavy atom. The third kappa shape index (κ3) is 6.35. The molecule has 1 aromatic carbocycles. The topological polar surface area (TPSA) is 143 Å². The molecule has 0 aliphatic heterocycles. The van der Waals surface area contributed by atoms with E-state index in [4.69, 9.17) is 0 Å². The fourth-order valence-electron chi connectivity index (χ4n) is 5.08. The van der Waals surface area contributed by atoms with E-state index in [9.17, 15) is 9.59 Å². The summed E-state index contributed by atoms with van der Waals surface area (Å²) in [4.78, 5) is 31.9. The third-order valence-corrected chi connectivity index (χ3v) is 7.36. The first-order valence-electron chi connectivity index (χ1n) is 14.3. The summed E-state index contributed by atoms with van der Waals surface area (Å²) in [5.41, 5.74) is 8.02. The molecule has 1 aliphatic carbocycles. The number of unbranched alkanes of at least 4 members (excludes halogenated alkanes) is 1. The molecule has 6 rings (SSSR count). The van der Waals surface area contributed by atoms with Crippen molar-refractivity contribution in [1.82, 2.24) is 40.5 Å². The molecule has 42 heavy (non-hydrogen) atoms. The number of H-pyrrole nitrogens is 1. The number of hydrogen-bond donors (Lipinski definition) is 3. The summed E-state index contributed by atoms with van der Waals surface area (Å²) >= 11 is 0. The summed E-state index contributed by atoms with van der Waals surface area (Å²) in [5.74, 6) is 0.139. The molecule has 1 aliphatic rings. The Morgan fingerprint density at radius 1 is 1.07 bits per heavy atom. The molecule has 1 fully saturated rings. The molecule has 11 nitrogen and oxygen atoms in total. The fraction of sp³-hybridized carbons (Fsp3) is 0.323. The van der Waals surface area contributed by atoms with E-state index < -0.39 is 0 Å². The Kier molecular flexibility index (Phi) is 7.72. The van der Waals surface area contributed by atoms with Crippen LogP contribution in [0.5, 0.6) is 0 Å². The van der Waals surface area contributed by atoms with Crippen LogP contribution in [0.4, 0.5) is 5.69 Å². The smallest absolute Gasteiger partial charge is 0.273 e. The highest BCUT2D eigenvalue weighted by Gasteiger charge is 2.30. The van der Waals surface area contributed by atoms with Crippen LogP contribution in [0.15, 0.2) is 54.9 Å². The zero-order valence-corrected chi connectivity index (χ0v) is 23.7. The number of aromatic nitrogens is 7. The van der Waals surface area contributed by atoms with Crippen LogP contribution >= 0.6 is 0 Å². The van der Waals surface area contributed by atoms with Gasteiger partial charge in [0.15, 0.2) is 11.3 Å². The maximum atomic E-state index is 12.5. The summed E-state index contributed by atoms with van der Waals surface area (Å²) in [6.07, 6.45) is 8.24. The standard InChI is InChI=1S/C31H33N9O2/c1-19-9-10-21(16-32-19)17-33-31(42)27-18-40(39-37-27)13-4-3-7-25-15-26-28(23-6-5-8-24(14-23)34-20(2)41)29(22-11-12-22)35-30(26)38-36-25/h5-6,8-10,14-16,18,22H,3-4,7,11-13,17H2,1-2H3,(H,33,42)(H,34,41)(H,35,38). The van der Waals surface area contributed by atoms with Gasteiger partial charge in [0.25, 0.3) is 5.91 Å². The van der Waals surface area contributed by atoms with Crippen molar-refractivity contribution in [2.75, 3.05) is 5.32 Å². The van der Waals surface area contributed by atoms with Crippen LogP contribution < -0.4 is 10.6 Å². The molecule has 4 heterocycles. The zero-order valence-electron chi connectivity index (χ0n) is 23.7. The Morgan fingerprint density at radius 2 is 1.95 bits per heavy atom. The molecule has 2 amide bonds. The number of carbonyl (C=O) groups is 2. The maximum Gasteiger partial charge on any atom is 0.273 e. The van der Waals surface area contributed by atoms with E-state index in [-0.39, 0.29) is 11.8 Å². The Hall–Kier alpha value is -4.93. The minimum Gasteiger partial charge on any atom is -0.346 e. The average Bonchev–Trinajstić information content (AvgIpc) is 3.59. The highest BCUT2D eigenvalue weighted by atomic mass is 16.2. The van der Waals surface area contributed by atoms with Crippen molar-refractivity contribution in [3.63, 3.8) is 0 Å². The minimum atomic E-state index is -0.263. The Labute approximate surface area is 243 Å². The predicted octanol–water partition coefficient (Wildman–Crippen LogP) is 4.71. The molecular weight excluding hydrogens is 530 g/mol.